The van der Waals surface area contributed by atoms with E-state index < -0.39 is 64.5 Å². The Balaban J connectivity index is 4.61. The van der Waals surface area contributed by atoms with E-state index in [4.69, 9.17) is 19.1 Å². The zero-order chi connectivity index (χ0) is 42.8. The second-order valence-electron chi connectivity index (χ2n) is 13.9. The second-order valence-corrected chi connectivity index (χ2v) is 15.3. The van der Waals surface area contributed by atoms with E-state index in [9.17, 15) is 29.3 Å². The maximum Gasteiger partial charge on any atom is 0.472 e. The first-order chi connectivity index (χ1) is 28.1. The monoisotopic (exact) mass is 835 g/mol. The first kappa shape index (κ1) is 54.9. The van der Waals surface area contributed by atoms with E-state index in [1.807, 2.05) is 12.2 Å². The average molecular weight is 835 g/mol. The van der Waals surface area contributed by atoms with Crippen LogP contribution in [0, 0.1) is 0 Å². The summed E-state index contributed by atoms with van der Waals surface area (Å²) in [4.78, 5) is 35.0. The molecule has 0 heterocycles. The number of ether oxygens (including phenoxy) is 2. The fourth-order valence-corrected chi connectivity index (χ4v) is 5.82. The summed E-state index contributed by atoms with van der Waals surface area (Å²) >= 11 is 0. The number of aliphatic hydroxyl groups is 3. The Hall–Kier alpha value is -3.15. The van der Waals surface area contributed by atoms with Gasteiger partial charge in [-0.15, -0.1) is 0 Å². The van der Waals surface area contributed by atoms with E-state index in [0.717, 1.165) is 70.6 Å². The fourth-order valence-electron chi connectivity index (χ4n) is 5.03. The van der Waals surface area contributed by atoms with Crippen LogP contribution in [-0.4, -0.2) is 76.9 Å². The molecule has 0 saturated heterocycles. The summed E-state index contributed by atoms with van der Waals surface area (Å²) in [5, 5.41) is 28.6. The molecule has 330 valence electrons. The van der Waals surface area contributed by atoms with Gasteiger partial charge in [-0.05, 0) is 70.6 Å². The van der Waals surface area contributed by atoms with Gasteiger partial charge in [-0.2, -0.15) is 0 Å². The molecule has 0 aromatic carbocycles. The minimum atomic E-state index is -4.70. The van der Waals surface area contributed by atoms with Crippen LogP contribution < -0.4 is 0 Å². The molecular weight excluding hydrogens is 759 g/mol. The molecule has 4 atom stereocenters. The smallest absolute Gasteiger partial charge is 0.462 e. The standard InChI is InChI=1S/C46H75O11P/c1-3-5-7-9-11-13-15-17-19-21-22-24-26-28-30-32-34-42(48)36-37-46(51)57-44(41-56-58(52,53)55-39-43(49)38-47)40-54-45(50)35-33-31-29-27-25-23-20-18-16-14-12-10-8-6-4-2/h5,7,11,13-14,16-20,22,24,28,30,32,34,42-44,47-49H,3-4,6,8-10,12,15,21,23,25-27,29,31,33,35-41H2,1-2H3,(H,52,53)/b7-5-,13-11-,16-14-,19-17-,20-18-,24-22-,30-28-,34-32-/t42?,43-,44+/m0/s1. The van der Waals surface area contributed by atoms with Crippen molar-refractivity contribution in [1.82, 2.24) is 0 Å². The van der Waals surface area contributed by atoms with Crippen molar-refractivity contribution in [2.45, 2.75) is 154 Å². The van der Waals surface area contributed by atoms with Crippen LogP contribution in [0.5, 0.6) is 0 Å². The van der Waals surface area contributed by atoms with E-state index in [1.165, 1.54) is 25.7 Å². The van der Waals surface area contributed by atoms with Crippen molar-refractivity contribution in [2.24, 2.45) is 0 Å². The molecule has 0 amide bonds. The molecule has 0 fully saturated rings. The van der Waals surface area contributed by atoms with Crippen molar-refractivity contribution >= 4 is 19.8 Å². The third kappa shape index (κ3) is 39.7. The van der Waals surface area contributed by atoms with Gasteiger partial charge in [-0.25, -0.2) is 4.57 Å². The second kappa shape index (κ2) is 40.6. The van der Waals surface area contributed by atoms with Gasteiger partial charge < -0.3 is 29.7 Å². The van der Waals surface area contributed by atoms with E-state index >= 15 is 0 Å². The summed E-state index contributed by atoms with van der Waals surface area (Å²) in [6, 6.07) is 0. The SMILES string of the molecule is CC/C=C\C/C=C\C/C=C\C/C=C\C/C=C\C=C/C(O)CCC(=O)O[C@H](COC(=O)CCCCCCC/C=C\C=C/CCCCCC)COP(=O)(O)OC[C@@H](O)CO. The Bertz CT molecular complexity index is 1300. The Labute approximate surface area is 349 Å². The van der Waals surface area contributed by atoms with Crippen LogP contribution in [-0.2, 0) is 32.7 Å². The van der Waals surface area contributed by atoms with Gasteiger partial charge >= 0.3 is 19.8 Å². The maximum atomic E-state index is 12.6. The number of hydrogen-bond donors (Lipinski definition) is 4. The van der Waals surface area contributed by atoms with Gasteiger partial charge in [-0.1, -0.05) is 150 Å². The highest BCUT2D eigenvalue weighted by Gasteiger charge is 2.27. The molecule has 0 aliphatic heterocycles. The number of hydrogen-bond acceptors (Lipinski definition) is 10. The minimum Gasteiger partial charge on any atom is -0.462 e. The van der Waals surface area contributed by atoms with Gasteiger partial charge in [-0.3, -0.25) is 18.6 Å². The van der Waals surface area contributed by atoms with Crippen LogP contribution in [0.3, 0.4) is 0 Å². The number of aliphatic hydroxyl groups excluding tert-OH is 3. The highest BCUT2D eigenvalue weighted by molar-refractivity contribution is 7.47. The lowest BCUT2D eigenvalue weighted by Crippen LogP contribution is -2.30. The van der Waals surface area contributed by atoms with Gasteiger partial charge in [0, 0.05) is 12.8 Å². The van der Waals surface area contributed by atoms with Gasteiger partial charge in [0.05, 0.1) is 25.9 Å². The molecule has 11 nitrogen and oxygen atoms in total. The number of allylic oxidation sites excluding steroid dienone is 15. The molecular formula is C46H75O11P. The van der Waals surface area contributed by atoms with Gasteiger partial charge in [0.15, 0.2) is 6.10 Å². The number of unbranched alkanes of at least 4 members (excludes halogenated alkanes) is 9. The Kier molecular flexibility index (Phi) is 38.4. The van der Waals surface area contributed by atoms with Crippen molar-refractivity contribution in [3.8, 4) is 0 Å². The summed E-state index contributed by atoms with van der Waals surface area (Å²) in [6.07, 6.45) is 45.6. The molecule has 0 spiro atoms. The molecule has 12 heteroatoms. The molecule has 0 saturated carbocycles. The highest BCUT2D eigenvalue weighted by atomic mass is 31.2. The van der Waals surface area contributed by atoms with Crippen LogP contribution in [0.2, 0.25) is 0 Å². The van der Waals surface area contributed by atoms with Crippen molar-refractivity contribution < 1.29 is 52.9 Å². The lowest BCUT2D eigenvalue weighted by atomic mass is 10.1. The van der Waals surface area contributed by atoms with E-state index in [0.29, 0.717) is 6.42 Å². The average Bonchev–Trinajstić information content (AvgIpc) is 3.21. The largest absolute Gasteiger partial charge is 0.472 e. The third-order valence-electron chi connectivity index (χ3n) is 8.37. The minimum absolute atomic E-state index is 0.0561. The van der Waals surface area contributed by atoms with Crippen LogP contribution >= 0.6 is 7.82 Å². The summed E-state index contributed by atoms with van der Waals surface area (Å²) < 4.78 is 32.5. The molecule has 0 aromatic rings. The first-order valence-electron chi connectivity index (χ1n) is 21.3. The lowest BCUT2D eigenvalue weighted by molar-refractivity contribution is -0.161. The molecule has 0 aliphatic carbocycles. The van der Waals surface area contributed by atoms with E-state index in [1.54, 1.807) is 12.2 Å². The molecule has 0 radical (unpaired) electrons. The number of esters is 2. The summed E-state index contributed by atoms with van der Waals surface area (Å²) in [5.41, 5.74) is 0. The van der Waals surface area contributed by atoms with Crippen LogP contribution in [0.25, 0.3) is 0 Å². The number of carbonyl (C=O) groups excluding carboxylic acids is 2. The number of rotatable bonds is 38. The van der Waals surface area contributed by atoms with E-state index in [-0.39, 0.29) is 19.3 Å². The van der Waals surface area contributed by atoms with Crippen molar-refractivity contribution in [2.75, 3.05) is 26.4 Å². The number of phosphoric ester groups is 1. The molecule has 0 bridgehead atoms. The zero-order valence-electron chi connectivity index (χ0n) is 35.3. The van der Waals surface area contributed by atoms with Crippen LogP contribution in [0.15, 0.2) is 97.2 Å². The lowest BCUT2D eigenvalue weighted by Gasteiger charge is -2.20. The number of carbonyl (C=O) groups is 2. The Morgan fingerprint density at radius 2 is 1.14 bits per heavy atom. The van der Waals surface area contributed by atoms with E-state index in [2.05, 4.69) is 91.3 Å². The normalized spacial score (nSPS) is 15.3. The maximum absolute atomic E-state index is 12.6. The third-order valence-corrected chi connectivity index (χ3v) is 9.32. The molecule has 0 aliphatic rings. The topological polar surface area (TPSA) is 169 Å². The highest BCUT2D eigenvalue weighted by Crippen LogP contribution is 2.43. The molecule has 0 aromatic heterocycles. The van der Waals surface area contributed by atoms with Gasteiger partial charge in [0.2, 0.25) is 0 Å². The fraction of sp³-hybridized carbons (Fsp3) is 0.609. The van der Waals surface area contributed by atoms with Crippen LogP contribution in [0.4, 0.5) is 0 Å². The van der Waals surface area contributed by atoms with Gasteiger partial charge in [0.1, 0.15) is 12.7 Å². The Morgan fingerprint density at radius 1 is 0.603 bits per heavy atom. The summed E-state index contributed by atoms with van der Waals surface area (Å²) in [7, 11) is -4.70. The van der Waals surface area contributed by atoms with Gasteiger partial charge in [0.25, 0.3) is 0 Å². The molecule has 2 unspecified atom stereocenters. The van der Waals surface area contributed by atoms with Crippen molar-refractivity contribution in [3.05, 3.63) is 97.2 Å². The van der Waals surface area contributed by atoms with Crippen molar-refractivity contribution in [1.29, 1.82) is 0 Å². The summed E-state index contributed by atoms with van der Waals surface area (Å²) in [5.74, 6) is -1.24. The Morgan fingerprint density at radius 3 is 1.74 bits per heavy atom. The first-order valence-corrected chi connectivity index (χ1v) is 22.8. The predicted molar refractivity (Wildman–Crippen MR) is 234 cm³/mol. The summed E-state index contributed by atoms with van der Waals surface area (Å²) in [6.45, 7) is 1.92. The van der Waals surface area contributed by atoms with Crippen LogP contribution in [0.1, 0.15) is 136 Å². The predicted octanol–water partition coefficient (Wildman–Crippen LogP) is 10.2. The van der Waals surface area contributed by atoms with Crippen molar-refractivity contribution in [3.63, 3.8) is 0 Å². The quantitative estimate of drug-likeness (QED) is 0.0154. The molecule has 4 N–H and O–H groups in total. The molecule has 0 rings (SSSR count). The zero-order valence-corrected chi connectivity index (χ0v) is 36.2. The molecule has 58 heavy (non-hydrogen) atoms. The number of phosphoric acid groups is 1.